The Balaban J connectivity index is 2.14. The van der Waals surface area contributed by atoms with E-state index in [4.69, 9.17) is 4.74 Å². The lowest BCUT2D eigenvalue weighted by Gasteiger charge is -2.15. The minimum atomic E-state index is -4.01. The third kappa shape index (κ3) is 4.07. The number of thiophene rings is 1. The van der Waals surface area contributed by atoms with Gasteiger partial charge in [0.2, 0.25) is 10.0 Å². The van der Waals surface area contributed by atoms with Crippen molar-refractivity contribution in [1.29, 1.82) is 0 Å². The lowest BCUT2D eigenvalue weighted by atomic mass is 10.2. The first-order chi connectivity index (χ1) is 9.92. The van der Waals surface area contributed by atoms with Gasteiger partial charge in [-0.25, -0.2) is 21.9 Å². The van der Waals surface area contributed by atoms with Crippen molar-refractivity contribution in [3.63, 3.8) is 0 Å². The zero-order valence-corrected chi connectivity index (χ0v) is 12.7. The molecule has 1 heterocycles. The molecule has 0 saturated carbocycles. The van der Waals surface area contributed by atoms with E-state index in [1.807, 2.05) is 16.8 Å². The molecule has 2 aromatic rings. The van der Waals surface area contributed by atoms with Crippen molar-refractivity contribution < 1.29 is 21.9 Å². The molecule has 21 heavy (non-hydrogen) atoms. The molecule has 0 fully saturated rings. The average molecular weight is 333 g/mol. The van der Waals surface area contributed by atoms with Gasteiger partial charge in [-0.2, -0.15) is 11.3 Å². The molecular formula is C13H13F2NO3S2. The van der Waals surface area contributed by atoms with E-state index < -0.39 is 32.7 Å². The Hall–Kier alpha value is -1.35. The van der Waals surface area contributed by atoms with E-state index in [-0.39, 0.29) is 6.54 Å². The van der Waals surface area contributed by atoms with Gasteiger partial charge in [-0.3, -0.25) is 0 Å². The fourth-order valence-electron chi connectivity index (χ4n) is 1.75. The highest BCUT2D eigenvalue weighted by Gasteiger charge is 2.19. The Bertz CT molecular complexity index is 682. The van der Waals surface area contributed by atoms with Gasteiger partial charge in [0.15, 0.2) is 0 Å². The van der Waals surface area contributed by atoms with Crippen LogP contribution in [0.15, 0.2) is 39.9 Å². The van der Waals surface area contributed by atoms with E-state index in [9.17, 15) is 17.2 Å². The van der Waals surface area contributed by atoms with Crippen molar-refractivity contribution in [2.75, 3.05) is 13.7 Å². The maximum absolute atomic E-state index is 13.1. The van der Waals surface area contributed by atoms with E-state index in [2.05, 4.69) is 4.72 Å². The average Bonchev–Trinajstić information content (AvgIpc) is 2.92. The quantitative estimate of drug-likeness (QED) is 0.884. The first-order valence-electron chi connectivity index (χ1n) is 5.93. The van der Waals surface area contributed by atoms with Crippen LogP contribution in [0.3, 0.4) is 0 Å². The molecule has 0 aliphatic carbocycles. The van der Waals surface area contributed by atoms with Crippen LogP contribution < -0.4 is 4.72 Å². The van der Waals surface area contributed by atoms with E-state index in [1.165, 1.54) is 18.4 Å². The maximum Gasteiger partial charge on any atom is 0.240 e. The fraction of sp³-hybridized carbons (Fsp3) is 0.231. The highest BCUT2D eigenvalue weighted by Crippen LogP contribution is 2.20. The second-order valence-electron chi connectivity index (χ2n) is 4.24. The minimum Gasteiger partial charge on any atom is -0.375 e. The standard InChI is InChI=1S/C13H13F2NO3S2/c1-19-13(9-2-3-20-8-9)7-16-21(17,18)12-5-10(14)4-11(15)6-12/h2-6,8,13,16H,7H2,1H3. The van der Waals surface area contributed by atoms with Crippen molar-refractivity contribution >= 4 is 21.4 Å². The highest BCUT2D eigenvalue weighted by molar-refractivity contribution is 7.89. The van der Waals surface area contributed by atoms with E-state index in [0.29, 0.717) is 6.07 Å². The van der Waals surface area contributed by atoms with Gasteiger partial charge < -0.3 is 4.74 Å². The molecule has 1 aromatic carbocycles. The largest absolute Gasteiger partial charge is 0.375 e. The van der Waals surface area contributed by atoms with Crippen LogP contribution in [0.1, 0.15) is 11.7 Å². The fourth-order valence-corrected chi connectivity index (χ4v) is 3.52. The van der Waals surface area contributed by atoms with Crippen molar-refractivity contribution in [3.05, 3.63) is 52.2 Å². The molecule has 1 N–H and O–H groups in total. The van der Waals surface area contributed by atoms with Gasteiger partial charge in [-0.1, -0.05) is 0 Å². The number of rotatable bonds is 6. The molecule has 0 amide bonds. The lowest BCUT2D eigenvalue weighted by molar-refractivity contribution is 0.107. The summed E-state index contributed by atoms with van der Waals surface area (Å²) in [6.45, 7) is -0.0340. The lowest BCUT2D eigenvalue weighted by Crippen LogP contribution is -2.29. The molecule has 0 saturated heterocycles. The summed E-state index contributed by atoms with van der Waals surface area (Å²) in [5.41, 5.74) is 0.829. The SMILES string of the molecule is COC(CNS(=O)(=O)c1cc(F)cc(F)c1)c1ccsc1. The molecule has 0 aliphatic heterocycles. The third-order valence-corrected chi connectivity index (χ3v) is 4.91. The molecule has 114 valence electrons. The highest BCUT2D eigenvalue weighted by atomic mass is 32.2. The predicted octanol–water partition coefficient (Wildman–Crippen LogP) is 2.69. The molecule has 0 spiro atoms. The molecule has 4 nitrogen and oxygen atoms in total. The van der Waals surface area contributed by atoms with Crippen LogP contribution in [0.4, 0.5) is 8.78 Å². The zero-order valence-electron chi connectivity index (χ0n) is 11.0. The van der Waals surface area contributed by atoms with Crippen LogP contribution in [0.2, 0.25) is 0 Å². The molecule has 2 rings (SSSR count). The van der Waals surface area contributed by atoms with Crippen molar-refractivity contribution in [2.45, 2.75) is 11.0 Å². The number of hydrogen-bond donors (Lipinski definition) is 1. The number of sulfonamides is 1. The molecule has 1 unspecified atom stereocenters. The Labute approximate surface area is 125 Å². The smallest absolute Gasteiger partial charge is 0.240 e. The van der Waals surface area contributed by atoms with Crippen LogP contribution in [-0.2, 0) is 14.8 Å². The van der Waals surface area contributed by atoms with Gasteiger partial charge in [0.05, 0.1) is 11.0 Å². The molecule has 1 aromatic heterocycles. The number of halogens is 2. The van der Waals surface area contributed by atoms with Gasteiger partial charge in [-0.15, -0.1) is 0 Å². The molecule has 0 radical (unpaired) electrons. The van der Waals surface area contributed by atoms with Crippen LogP contribution >= 0.6 is 11.3 Å². The second kappa shape index (κ2) is 6.61. The summed E-state index contributed by atoms with van der Waals surface area (Å²) in [4.78, 5) is -0.458. The van der Waals surface area contributed by atoms with Gasteiger partial charge in [0.25, 0.3) is 0 Å². The van der Waals surface area contributed by atoms with E-state index >= 15 is 0 Å². The summed E-state index contributed by atoms with van der Waals surface area (Å²) < 4.78 is 57.7. The minimum absolute atomic E-state index is 0.0340. The van der Waals surface area contributed by atoms with Crippen molar-refractivity contribution in [1.82, 2.24) is 4.72 Å². The van der Waals surface area contributed by atoms with Crippen LogP contribution in [0.5, 0.6) is 0 Å². The molecule has 0 aliphatic rings. The second-order valence-corrected chi connectivity index (χ2v) is 6.79. The number of ether oxygens (including phenoxy) is 1. The molecule has 8 heteroatoms. The first kappa shape index (κ1) is 16.0. The molecular weight excluding hydrogens is 320 g/mol. The Morgan fingerprint density at radius 2 is 1.95 bits per heavy atom. The summed E-state index contributed by atoms with van der Waals surface area (Å²) in [7, 11) is -2.55. The number of benzene rings is 1. The summed E-state index contributed by atoms with van der Waals surface area (Å²) in [5.74, 6) is -1.90. The third-order valence-electron chi connectivity index (χ3n) is 2.80. The topological polar surface area (TPSA) is 55.4 Å². The van der Waals surface area contributed by atoms with E-state index in [1.54, 1.807) is 0 Å². The normalized spacial score (nSPS) is 13.3. The van der Waals surface area contributed by atoms with Gasteiger partial charge in [-0.05, 0) is 34.5 Å². The summed E-state index contributed by atoms with van der Waals surface area (Å²) in [5, 5.41) is 3.68. The van der Waals surface area contributed by atoms with Crippen molar-refractivity contribution in [3.8, 4) is 0 Å². The number of hydrogen-bond acceptors (Lipinski definition) is 4. The zero-order chi connectivity index (χ0) is 15.5. The molecule has 0 bridgehead atoms. The van der Waals surface area contributed by atoms with Crippen molar-refractivity contribution in [2.24, 2.45) is 0 Å². The number of nitrogens with one attached hydrogen (secondary N) is 1. The van der Waals surface area contributed by atoms with Gasteiger partial charge in [0, 0.05) is 19.7 Å². The van der Waals surface area contributed by atoms with E-state index in [0.717, 1.165) is 17.7 Å². The Kier molecular flexibility index (Phi) is 5.04. The predicted molar refractivity (Wildman–Crippen MR) is 75.6 cm³/mol. The Morgan fingerprint density at radius 3 is 2.48 bits per heavy atom. The summed E-state index contributed by atoms with van der Waals surface area (Å²) in [6, 6.07) is 3.95. The van der Waals surface area contributed by atoms with Gasteiger partial charge in [0.1, 0.15) is 11.6 Å². The summed E-state index contributed by atoms with van der Waals surface area (Å²) in [6.07, 6.45) is -0.468. The first-order valence-corrected chi connectivity index (χ1v) is 8.35. The van der Waals surface area contributed by atoms with Crippen LogP contribution in [0, 0.1) is 11.6 Å². The van der Waals surface area contributed by atoms with Crippen LogP contribution in [-0.4, -0.2) is 22.1 Å². The maximum atomic E-state index is 13.1. The summed E-state index contributed by atoms with van der Waals surface area (Å²) >= 11 is 1.46. The van der Waals surface area contributed by atoms with Crippen LogP contribution in [0.25, 0.3) is 0 Å². The monoisotopic (exact) mass is 333 g/mol. The molecule has 1 atom stereocenters. The number of methoxy groups -OCH3 is 1. The Morgan fingerprint density at radius 1 is 1.29 bits per heavy atom. The van der Waals surface area contributed by atoms with Gasteiger partial charge >= 0.3 is 0 Å².